The molecule has 0 amide bonds. The van der Waals surface area contributed by atoms with E-state index in [-0.39, 0.29) is 0 Å². The summed E-state index contributed by atoms with van der Waals surface area (Å²) in [6.45, 7) is 4.18. The molecule has 96 valence electrons. The lowest BCUT2D eigenvalue weighted by atomic mass is 10.3. The minimum atomic E-state index is 0.328. The minimum Gasteiger partial charge on any atom is -0.485 e. The Balaban J connectivity index is 1.80. The van der Waals surface area contributed by atoms with Gasteiger partial charge in [-0.2, -0.15) is 4.98 Å². The second-order valence-electron chi connectivity index (χ2n) is 3.81. The zero-order valence-electron chi connectivity index (χ0n) is 10.4. The van der Waals surface area contributed by atoms with Gasteiger partial charge >= 0.3 is 0 Å². The summed E-state index contributed by atoms with van der Waals surface area (Å²) >= 11 is 0. The van der Waals surface area contributed by atoms with Crippen molar-refractivity contribution < 1.29 is 9.26 Å². The van der Waals surface area contributed by atoms with E-state index >= 15 is 0 Å². The topological polar surface area (TPSA) is 60.2 Å². The molecule has 2 rings (SSSR count). The maximum absolute atomic E-state index is 5.53. The molecule has 1 aromatic heterocycles. The summed E-state index contributed by atoms with van der Waals surface area (Å²) < 4.78 is 10.6. The first-order valence-electron chi connectivity index (χ1n) is 6.08. The van der Waals surface area contributed by atoms with Gasteiger partial charge in [0.1, 0.15) is 5.75 Å². The van der Waals surface area contributed by atoms with Gasteiger partial charge in [-0.3, -0.25) is 0 Å². The van der Waals surface area contributed by atoms with E-state index in [1.165, 1.54) is 0 Å². The van der Waals surface area contributed by atoms with Crippen molar-refractivity contribution in [2.45, 2.75) is 20.0 Å². The van der Waals surface area contributed by atoms with Gasteiger partial charge in [-0.25, -0.2) is 0 Å². The smallest absolute Gasteiger partial charge is 0.228 e. The molecule has 1 N–H and O–H groups in total. The van der Waals surface area contributed by atoms with Crippen molar-refractivity contribution in [2.24, 2.45) is 0 Å². The van der Waals surface area contributed by atoms with Gasteiger partial charge in [0.05, 0.1) is 0 Å². The summed E-state index contributed by atoms with van der Waals surface area (Å²) in [6, 6.07) is 9.58. The Hall–Kier alpha value is -1.88. The highest BCUT2D eigenvalue weighted by atomic mass is 16.5. The summed E-state index contributed by atoms with van der Waals surface area (Å²) in [5.74, 6) is 2.02. The maximum atomic E-state index is 5.53. The van der Waals surface area contributed by atoms with Crippen LogP contribution in [0.5, 0.6) is 5.75 Å². The molecular formula is C13H17N3O2. The number of nitrogens with one attached hydrogen (secondary N) is 1. The Morgan fingerprint density at radius 1 is 1.28 bits per heavy atom. The third-order valence-electron chi connectivity index (χ3n) is 2.39. The van der Waals surface area contributed by atoms with Crippen LogP contribution in [0.2, 0.25) is 0 Å². The van der Waals surface area contributed by atoms with Crippen molar-refractivity contribution in [3.8, 4) is 5.75 Å². The highest BCUT2D eigenvalue weighted by Gasteiger charge is 2.06. The monoisotopic (exact) mass is 247 g/mol. The number of likely N-dealkylation sites (N-methyl/N-ethyl adjacent to an activating group) is 1. The molecular weight excluding hydrogens is 230 g/mol. The number of benzene rings is 1. The molecule has 1 aromatic carbocycles. The van der Waals surface area contributed by atoms with Gasteiger partial charge in [0.25, 0.3) is 0 Å². The van der Waals surface area contributed by atoms with Crippen LogP contribution in [0.1, 0.15) is 18.6 Å². The average Bonchev–Trinajstić information content (AvgIpc) is 2.86. The Morgan fingerprint density at radius 3 is 2.89 bits per heavy atom. The first-order chi connectivity index (χ1) is 8.88. The zero-order chi connectivity index (χ0) is 12.6. The third kappa shape index (κ3) is 3.85. The second kappa shape index (κ2) is 6.76. The molecule has 5 nitrogen and oxygen atoms in total. The third-order valence-corrected chi connectivity index (χ3v) is 2.39. The lowest BCUT2D eigenvalue weighted by Crippen LogP contribution is -2.16. The molecule has 0 unspecified atom stereocenters. The van der Waals surface area contributed by atoms with Gasteiger partial charge < -0.3 is 14.6 Å². The predicted molar refractivity (Wildman–Crippen MR) is 67.3 cm³/mol. The average molecular weight is 247 g/mol. The van der Waals surface area contributed by atoms with Gasteiger partial charge in [0.15, 0.2) is 6.61 Å². The van der Waals surface area contributed by atoms with Crippen LogP contribution in [0.15, 0.2) is 34.9 Å². The zero-order valence-corrected chi connectivity index (χ0v) is 10.4. The normalized spacial score (nSPS) is 10.5. The van der Waals surface area contributed by atoms with E-state index in [1.807, 2.05) is 30.3 Å². The van der Waals surface area contributed by atoms with Crippen molar-refractivity contribution in [1.82, 2.24) is 15.5 Å². The van der Waals surface area contributed by atoms with Gasteiger partial charge in [-0.05, 0) is 18.7 Å². The molecule has 18 heavy (non-hydrogen) atoms. The van der Waals surface area contributed by atoms with E-state index in [2.05, 4.69) is 22.4 Å². The van der Waals surface area contributed by atoms with Crippen LogP contribution < -0.4 is 10.1 Å². The molecule has 2 aromatic rings. The Bertz CT molecular complexity index is 456. The number of rotatable bonds is 7. The summed E-state index contributed by atoms with van der Waals surface area (Å²) in [6.07, 6.45) is 0.742. The molecule has 0 aliphatic heterocycles. The highest BCUT2D eigenvalue weighted by Crippen LogP contribution is 2.10. The number of hydrogen-bond donors (Lipinski definition) is 1. The number of aromatic nitrogens is 2. The summed E-state index contributed by atoms with van der Waals surface area (Å²) in [4.78, 5) is 4.25. The van der Waals surface area contributed by atoms with E-state index in [1.54, 1.807) is 0 Å². The minimum absolute atomic E-state index is 0.328. The Morgan fingerprint density at radius 2 is 2.11 bits per heavy atom. The van der Waals surface area contributed by atoms with E-state index in [0.29, 0.717) is 18.3 Å². The van der Waals surface area contributed by atoms with Crippen LogP contribution >= 0.6 is 0 Å². The molecule has 1 heterocycles. The standard InChI is InChI=1S/C13H17N3O2/c1-2-14-9-8-13-15-12(16-18-13)10-17-11-6-4-3-5-7-11/h3-7,14H,2,8-10H2,1H3. The molecule has 0 bridgehead atoms. The van der Waals surface area contributed by atoms with Crippen LogP contribution in [-0.4, -0.2) is 23.2 Å². The molecule has 0 saturated carbocycles. The van der Waals surface area contributed by atoms with Crippen LogP contribution in [0.3, 0.4) is 0 Å². The van der Waals surface area contributed by atoms with Gasteiger partial charge in [-0.1, -0.05) is 30.3 Å². The Kier molecular flexibility index (Phi) is 4.72. The largest absolute Gasteiger partial charge is 0.485 e. The maximum Gasteiger partial charge on any atom is 0.228 e. The highest BCUT2D eigenvalue weighted by molar-refractivity contribution is 5.20. The molecule has 0 fully saturated rings. The lowest BCUT2D eigenvalue weighted by Gasteiger charge is -2.01. The second-order valence-corrected chi connectivity index (χ2v) is 3.81. The fraction of sp³-hybridized carbons (Fsp3) is 0.385. The van der Waals surface area contributed by atoms with Gasteiger partial charge in [-0.15, -0.1) is 0 Å². The summed E-state index contributed by atoms with van der Waals surface area (Å²) in [5.41, 5.74) is 0. The van der Waals surface area contributed by atoms with E-state index in [4.69, 9.17) is 9.26 Å². The Labute approximate surface area is 106 Å². The van der Waals surface area contributed by atoms with Crippen LogP contribution in [0.25, 0.3) is 0 Å². The molecule has 0 spiro atoms. The first-order valence-corrected chi connectivity index (χ1v) is 6.08. The first kappa shape index (κ1) is 12.6. The van der Waals surface area contributed by atoms with Gasteiger partial charge in [0, 0.05) is 13.0 Å². The van der Waals surface area contributed by atoms with Crippen molar-refractivity contribution in [3.05, 3.63) is 42.0 Å². The lowest BCUT2D eigenvalue weighted by molar-refractivity contribution is 0.285. The summed E-state index contributed by atoms with van der Waals surface area (Å²) in [5, 5.41) is 7.08. The molecule has 5 heteroatoms. The van der Waals surface area contributed by atoms with Crippen LogP contribution in [0, 0.1) is 0 Å². The van der Waals surface area contributed by atoms with E-state index in [0.717, 1.165) is 25.3 Å². The quantitative estimate of drug-likeness (QED) is 0.756. The van der Waals surface area contributed by atoms with Crippen molar-refractivity contribution in [2.75, 3.05) is 13.1 Å². The van der Waals surface area contributed by atoms with E-state index in [9.17, 15) is 0 Å². The van der Waals surface area contributed by atoms with Crippen molar-refractivity contribution in [3.63, 3.8) is 0 Å². The predicted octanol–water partition coefficient (Wildman–Crippen LogP) is 1.80. The van der Waals surface area contributed by atoms with E-state index < -0.39 is 0 Å². The molecule has 0 radical (unpaired) electrons. The van der Waals surface area contributed by atoms with Crippen molar-refractivity contribution >= 4 is 0 Å². The number of hydrogen-bond acceptors (Lipinski definition) is 5. The fourth-order valence-electron chi connectivity index (χ4n) is 1.49. The SMILES string of the molecule is CCNCCc1nc(COc2ccccc2)no1. The van der Waals surface area contributed by atoms with Gasteiger partial charge in [0.2, 0.25) is 11.7 Å². The molecule has 0 saturated heterocycles. The molecule has 0 aliphatic carbocycles. The van der Waals surface area contributed by atoms with Crippen LogP contribution in [-0.2, 0) is 13.0 Å². The number of para-hydroxylation sites is 1. The summed E-state index contributed by atoms with van der Waals surface area (Å²) in [7, 11) is 0. The fourth-order valence-corrected chi connectivity index (χ4v) is 1.49. The van der Waals surface area contributed by atoms with Crippen LogP contribution in [0.4, 0.5) is 0 Å². The number of ether oxygens (including phenoxy) is 1. The number of nitrogens with zero attached hydrogens (tertiary/aromatic N) is 2. The molecule has 0 atom stereocenters. The molecule has 0 aliphatic rings. The van der Waals surface area contributed by atoms with Crippen molar-refractivity contribution in [1.29, 1.82) is 0 Å².